The first-order valence-corrected chi connectivity index (χ1v) is 6.44. The normalized spacial score (nSPS) is 13.4. The van der Waals surface area contributed by atoms with Crippen molar-refractivity contribution in [1.29, 1.82) is 0 Å². The van der Waals surface area contributed by atoms with Gasteiger partial charge in [0.25, 0.3) is 0 Å². The molecule has 0 radical (unpaired) electrons. The lowest BCUT2D eigenvalue weighted by atomic mass is 10.0. The van der Waals surface area contributed by atoms with Gasteiger partial charge in [-0.3, -0.25) is 0 Å². The van der Waals surface area contributed by atoms with Gasteiger partial charge in [-0.15, -0.1) is 0 Å². The van der Waals surface area contributed by atoms with E-state index in [9.17, 15) is 0 Å². The van der Waals surface area contributed by atoms with Crippen LogP contribution in [0.15, 0.2) is 30.5 Å². The third-order valence-electron chi connectivity index (χ3n) is 3.10. The van der Waals surface area contributed by atoms with Crippen LogP contribution < -0.4 is 5.32 Å². The molecule has 1 heterocycles. The van der Waals surface area contributed by atoms with Crippen molar-refractivity contribution in [2.75, 3.05) is 0 Å². The summed E-state index contributed by atoms with van der Waals surface area (Å²) in [6, 6.07) is 9.29. The average molecular weight is 230 g/mol. The summed E-state index contributed by atoms with van der Waals surface area (Å²) in [5.41, 5.74) is 2.57. The van der Waals surface area contributed by atoms with E-state index in [1.54, 1.807) is 0 Å². The third kappa shape index (κ3) is 3.34. The van der Waals surface area contributed by atoms with E-state index >= 15 is 0 Å². The van der Waals surface area contributed by atoms with E-state index in [0.717, 1.165) is 12.5 Å². The van der Waals surface area contributed by atoms with Crippen LogP contribution in [0.25, 0.3) is 10.9 Å². The Balaban J connectivity index is 1.94. The lowest BCUT2D eigenvalue weighted by Gasteiger charge is -2.15. The van der Waals surface area contributed by atoms with Gasteiger partial charge in [0, 0.05) is 24.3 Å². The highest BCUT2D eigenvalue weighted by Crippen LogP contribution is 2.14. The monoisotopic (exact) mass is 230 g/mol. The van der Waals surface area contributed by atoms with Gasteiger partial charge in [-0.25, -0.2) is 0 Å². The predicted octanol–water partition coefficient (Wildman–Crippen LogP) is 3.69. The predicted molar refractivity (Wildman–Crippen MR) is 74.1 cm³/mol. The second-order valence-corrected chi connectivity index (χ2v) is 5.31. The molecule has 1 atom stereocenters. The number of benzene rings is 1. The highest BCUT2D eigenvalue weighted by atomic mass is 14.9. The van der Waals surface area contributed by atoms with Crippen molar-refractivity contribution >= 4 is 10.9 Å². The van der Waals surface area contributed by atoms with E-state index in [1.807, 2.05) is 6.20 Å². The number of fused-ring (bicyclic) bond motifs is 1. The minimum absolute atomic E-state index is 0.580. The summed E-state index contributed by atoms with van der Waals surface area (Å²) in [6.07, 6.45) is 3.22. The van der Waals surface area contributed by atoms with Crippen molar-refractivity contribution in [3.63, 3.8) is 0 Å². The first-order valence-electron chi connectivity index (χ1n) is 6.44. The number of aromatic nitrogens is 1. The molecule has 2 aromatic rings. The zero-order valence-corrected chi connectivity index (χ0v) is 11.0. The average Bonchev–Trinajstić information content (AvgIpc) is 2.72. The molecule has 17 heavy (non-hydrogen) atoms. The molecular weight excluding hydrogens is 208 g/mol. The number of H-pyrrole nitrogens is 1. The smallest absolute Gasteiger partial charge is 0.0454 e. The topological polar surface area (TPSA) is 27.8 Å². The number of hydrogen-bond donors (Lipinski definition) is 2. The first kappa shape index (κ1) is 12.2. The van der Waals surface area contributed by atoms with E-state index in [0.29, 0.717) is 6.04 Å². The Morgan fingerprint density at radius 2 is 2.00 bits per heavy atom. The Morgan fingerprint density at radius 1 is 1.18 bits per heavy atom. The fraction of sp³-hybridized carbons (Fsp3) is 0.467. The molecule has 1 aromatic heterocycles. The standard InChI is InChI=1S/C15H22N2/c1-11(2)8-12(3)17-10-13-4-5-15-14(9-13)6-7-16-15/h4-7,9,11-12,16-17H,8,10H2,1-3H3. The number of nitrogens with one attached hydrogen (secondary N) is 2. The summed E-state index contributed by atoms with van der Waals surface area (Å²) in [5.74, 6) is 0.754. The van der Waals surface area contributed by atoms with Gasteiger partial charge in [-0.2, -0.15) is 0 Å². The number of rotatable bonds is 5. The van der Waals surface area contributed by atoms with Gasteiger partial charge in [0.15, 0.2) is 0 Å². The van der Waals surface area contributed by atoms with Crippen LogP contribution in [0.3, 0.4) is 0 Å². The summed E-state index contributed by atoms with van der Waals surface area (Å²) in [6.45, 7) is 7.75. The molecule has 2 heteroatoms. The van der Waals surface area contributed by atoms with Crippen LogP contribution in [0, 0.1) is 5.92 Å². The quantitative estimate of drug-likeness (QED) is 0.805. The molecule has 92 valence electrons. The van der Waals surface area contributed by atoms with Crippen molar-refractivity contribution in [3.8, 4) is 0 Å². The molecule has 0 saturated carbocycles. The lowest BCUT2D eigenvalue weighted by Crippen LogP contribution is -2.26. The molecule has 0 aliphatic heterocycles. The summed E-state index contributed by atoms with van der Waals surface area (Å²) in [7, 11) is 0. The molecule has 0 spiro atoms. The molecule has 0 aliphatic rings. The largest absolute Gasteiger partial charge is 0.361 e. The molecule has 0 aliphatic carbocycles. The first-order chi connectivity index (χ1) is 8.15. The van der Waals surface area contributed by atoms with Crippen molar-refractivity contribution in [2.24, 2.45) is 5.92 Å². The van der Waals surface area contributed by atoms with Crippen molar-refractivity contribution < 1.29 is 0 Å². The van der Waals surface area contributed by atoms with Gasteiger partial charge >= 0.3 is 0 Å². The molecule has 0 bridgehead atoms. The molecule has 0 saturated heterocycles. The van der Waals surface area contributed by atoms with Gasteiger partial charge < -0.3 is 10.3 Å². The van der Waals surface area contributed by atoms with Crippen LogP contribution in [0.2, 0.25) is 0 Å². The van der Waals surface area contributed by atoms with Gasteiger partial charge in [0.2, 0.25) is 0 Å². The fourth-order valence-corrected chi connectivity index (χ4v) is 2.30. The van der Waals surface area contributed by atoms with Gasteiger partial charge in [0.1, 0.15) is 0 Å². The van der Waals surface area contributed by atoms with Gasteiger partial charge in [-0.05, 0) is 48.4 Å². The zero-order valence-electron chi connectivity index (χ0n) is 11.0. The molecule has 1 aromatic carbocycles. The molecule has 2 N–H and O–H groups in total. The van der Waals surface area contributed by atoms with Gasteiger partial charge in [0.05, 0.1) is 0 Å². The second-order valence-electron chi connectivity index (χ2n) is 5.31. The lowest BCUT2D eigenvalue weighted by molar-refractivity contribution is 0.441. The summed E-state index contributed by atoms with van der Waals surface area (Å²) in [5, 5.41) is 4.87. The Kier molecular flexibility index (Phi) is 3.85. The molecule has 0 amide bonds. The van der Waals surface area contributed by atoms with Crippen LogP contribution in [0.1, 0.15) is 32.8 Å². The van der Waals surface area contributed by atoms with Crippen LogP contribution in [0.4, 0.5) is 0 Å². The van der Waals surface area contributed by atoms with E-state index in [1.165, 1.54) is 22.9 Å². The molecule has 0 fully saturated rings. The Labute approximate surface area is 103 Å². The Hall–Kier alpha value is -1.28. The summed E-state index contributed by atoms with van der Waals surface area (Å²) < 4.78 is 0. The zero-order chi connectivity index (χ0) is 12.3. The van der Waals surface area contributed by atoms with Crippen molar-refractivity contribution in [2.45, 2.75) is 39.8 Å². The summed E-state index contributed by atoms with van der Waals surface area (Å²) in [4.78, 5) is 3.22. The van der Waals surface area contributed by atoms with E-state index in [-0.39, 0.29) is 0 Å². The molecule has 2 nitrogen and oxygen atoms in total. The fourth-order valence-electron chi connectivity index (χ4n) is 2.30. The second kappa shape index (κ2) is 5.37. The van der Waals surface area contributed by atoms with E-state index in [2.05, 4.69) is 55.3 Å². The minimum Gasteiger partial charge on any atom is -0.361 e. The molecule has 1 unspecified atom stereocenters. The minimum atomic E-state index is 0.580. The van der Waals surface area contributed by atoms with Crippen molar-refractivity contribution in [3.05, 3.63) is 36.0 Å². The Bertz CT molecular complexity index is 470. The highest BCUT2D eigenvalue weighted by molar-refractivity contribution is 5.79. The maximum atomic E-state index is 3.58. The Morgan fingerprint density at radius 3 is 2.76 bits per heavy atom. The number of aromatic amines is 1. The summed E-state index contributed by atoms with van der Waals surface area (Å²) >= 11 is 0. The maximum Gasteiger partial charge on any atom is 0.0454 e. The molecule has 2 rings (SSSR count). The van der Waals surface area contributed by atoms with Gasteiger partial charge in [-0.1, -0.05) is 19.9 Å². The highest BCUT2D eigenvalue weighted by Gasteiger charge is 2.04. The molecular formula is C15H22N2. The third-order valence-corrected chi connectivity index (χ3v) is 3.10. The number of hydrogen-bond acceptors (Lipinski definition) is 1. The van der Waals surface area contributed by atoms with E-state index < -0.39 is 0 Å². The van der Waals surface area contributed by atoms with Crippen LogP contribution in [-0.2, 0) is 6.54 Å². The maximum absolute atomic E-state index is 3.58. The van der Waals surface area contributed by atoms with Crippen LogP contribution in [0.5, 0.6) is 0 Å². The van der Waals surface area contributed by atoms with Crippen LogP contribution in [-0.4, -0.2) is 11.0 Å². The van der Waals surface area contributed by atoms with E-state index in [4.69, 9.17) is 0 Å². The van der Waals surface area contributed by atoms with Crippen molar-refractivity contribution in [1.82, 2.24) is 10.3 Å². The SMILES string of the molecule is CC(C)CC(C)NCc1ccc2[nH]ccc2c1. The van der Waals surface area contributed by atoms with Crippen LogP contribution >= 0.6 is 0 Å².